The van der Waals surface area contributed by atoms with E-state index in [0.29, 0.717) is 24.3 Å². The lowest BCUT2D eigenvalue weighted by molar-refractivity contribution is -0.0329. The predicted molar refractivity (Wildman–Crippen MR) is 57.4 cm³/mol. The maximum absolute atomic E-state index is 13.1. The summed E-state index contributed by atoms with van der Waals surface area (Å²) in [4.78, 5) is -0.389. The molecule has 0 fully saturated rings. The molecule has 6 heteroatoms. The quantitative estimate of drug-likeness (QED) is 0.438. The summed E-state index contributed by atoms with van der Waals surface area (Å²) < 4.78 is 49.3. The molecule has 0 atom stereocenters. The Morgan fingerprint density at radius 3 is 2.50 bits per heavy atom. The monoisotopic (exact) mass is 272 g/mol. The van der Waals surface area contributed by atoms with Crippen LogP contribution in [0.25, 0.3) is 0 Å². The van der Waals surface area contributed by atoms with E-state index in [1.165, 1.54) is 12.1 Å². The topological polar surface area (TPSA) is 0 Å². The molecule has 1 aromatic carbocycles. The van der Waals surface area contributed by atoms with E-state index in [0.717, 1.165) is 6.07 Å². The van der Waals surface area contributed by atoms with Gasteiger partial charge in [-0.1, -0.05) is 6.07 Å². The van der Waals surface area contributed by atoms with Gasteiger partial charge in [-0.15, -0.1) is 11.6 Å². The number of halogens is 5. The van der Waals surface area contributed by atoms with E-state index >= 15 is 0 Å². The van der Waals surface area contributed by atoms with Crippen LogP contribution in [0, 0.1) is 5.82 Å². The molecule has 0 nitrogen and oxygen atoms in total. The van der Waals surface area contributed by atoms with Gasteiger partial charge in [0.25, 0.3) is 0 Å². The fourth-order valence-electron chi connectivity index (χ4n) is 1.18. The predicted octanol–water partition coefficient (Wildman–Crippen LogP) is 4.61. The average molecular weight is 273 g/mol. The zero-order chi connectivity index (χ0) is 12.2. The lowest BCUT2D eigenvalue weighted by Crippen LogP contribution is -2.01. The normalized spacial score (nSPS) is 11.8. The van der Waals surface area contributed by atoms with E-state index in [2.05, 4.69) is 0 Å². The van der Waals surface area contributed by atoms with Gasteiger partial charge in [-0.05, 0) is 42.3 Å². The minimum absolute atomic E-state index is 0.389. The third kappa shape index (κ3) is 4.61. The molecule has 90 valence electrons. The van der Waals surface area contributed by atoms with Crippen molar-refractivity contribution in [2.45, 2.75) is 23.2 Å². The number of alkyl halides is 4. The Labute approximate surface area is 100.0 Å². The summed E-state index contributed by atoms with van der Waals surface area (Å²) in [6, 6.07) is 3.75. The molecule has 0 spiro atoms. The molecule has 0 heterocycles. The molecule has 0 unspecified atom stereocenters. The Balaban J connectivity index is 2.82. The van der Waals surface area contributed by atoms with Crippen LogP contribution in [-0.4, -0.2) is 11.4 Å². The minimum atomic E-state index is -4.47. The van der Waals surface area contributed by atoms with Gasteiger partial charge in [-0.25, -0.2) is 4.39 Å². The molecule has 1 aromatic rings. The van der Waals surface area contributed by atoms with Crippen LogP contribution < -0.4 is 0 Å². The molecule has 0 aliphatic rings. The summed E-state index contributed by atoms with van der Waals surface area (Å²) in [7, 11) is 0. The Morgan fingerprint density at radius 1 is 1.25 bits per heavy atom. The summed E-state index contributed by atoms with van der Waals surface area (Å²) in [6.07, 6.45) is 1.21. The molecular weight excluding hydrogens is 264 g/mol. The van der Waals surface area contributed by atoms with E-state index in [-0.39, 0.29) is 4.90 Å². The minimum Gasteiger partial charge on any atom is -0.206 e. The van der Waals surface area contributed by atoms with Crippen molar-refractivity contribution in [2.24, 2.45) is 0 Å². The largest absolute Gasteiger partial charge is 0.446 e. The van der Waals surface area contributed by atoms with Gasteiger partial charge in [0.2, 0.25) is 0 Å². The van der Waals surface area contributed by atoms with Crippen LogP contribution in [0.2, 0.25) is 0 Å². The highest BCUT2D eigenvalue weighted by atomic mass is 35.5. The van der Waals surface area contributed by atoms with Crippen molar-refractivity contribution >= 4 is 23.4 Å². The maximum Gasteiger partial charge on any atom is 0.446 e. The molecule has 0 saturated heterocycles. The van der Waals surface area contributed by atoms with Crippen LogP contribution in [0.5, 0.6) is 0 Å². The van der Waals surface area contributed by atoms with E-state index in [4.69, 9.17) is 11.6 Å². The third-order valence-electron chi connectivity index (χ3n) is 1.82. The van der Waals surface area contributed by atoms with Gasteiger partial charge in [0.05, 0.1) is 4.90 Å². The van der Waals surface area contributed by atoms with Crippen LogP contribution in [0.3, 0.4) is 0 Å². The van der Waals surface area contributed by atoms with Crippen molar-refractivity contribution in [3.63, 3.8) is 0 Å². The number of hydrogen-bond acceptors (Lipinski definition) is 1. The van der Waals surface area contributed by atoms with Gasteiger partial charge < -0.3 is 0 Å². The first-order valence-electron chi connectivity index (χ1n) is 4.52. The van der Waals surface area contributed by atoms with Crippen molar-refractivity contribution < 1.29 is 17.6 Å². The molecule has 0 aliphatic heterocycles. The summed E-state index contributed by atoms with van der Waals surface area (Å²) in [6.45, 7) is 0. The lowest BCUT2D eigenvalue weighted by Gasteiger charge is -2.08. The van der Waals surface area contributed by atoms with Gasteiger partial charge in [-0.2, -0.15) is 13.2 Å². The molecule has 0 saturated carbocycles. The van der Waals surface area contributed by atoms with E-state index < -0.39 is 23.1 Å². The Bertz CT molecular complexity index is 351. The van der Waals surface area contributed by atoms with Crippen LogP contribution >= 0.6 is 23.4 Å². The van der Waals surface area contributed by atoms with Gasteiger partial charge in [0.15, 0.2) is 0 Å². The Hall–Kier alpha value is -0.420. The van der Waals surface area contributed by atoms with Crippen molar-refractivity contribution in [1.82, 2.24) is 0 Å². The van der Waals surface area contributed by atoms with Crippen molar-refractivity contribution in [3.8, 4) is 0 Å². The van der Waals surface area contributed by atoms with E-state index in [9.17, 15) is 17.6 Å². The lowest BCUT2D eigenvalue weighted by atomic mass is 10.1. The Kier molecular flexibility index (Phi) is 4.92. The van der Waals surface area contributed by atoms with Crippen LogP contribution in [0.1, 0.15) is 12.0 Å². The molecular formula is C10H9ClF4S. The first-order chi connectivity index (χ1) is 7.42. The second-order valence-corrected chi connectivity index (χ2v) is 4.59. The zero-order valence-corrected chi connectivity index (χ0v) is 9.72. The smallest absolute Gasteiger partial charge is 0.206 e. The number of aryl methyl sites for hydroxylation is 1. The van der Waals surface area contributed by atoms with Crippen LogP contribution in [0.4, 0.5) is 17.6 Å². The summed E-state index contributed by atoms with van der Waals surface area (Å²) in [5.41, 5.74) is -3.81. The first-order valence-corrected chi connectivity index (χ1v) is 5.87. The van der Waals surface area contributed by atoms with Crippen LogP contribution in [-0.2, 0) is 6.42 Å². The number of rotatable bonds is 4. The van der Waals surface area contributed by atoms with Gasteiger partial charge in [0.1, 0.15) is 5.82 Å². The van der Waals surface area contributed by atoms with Gasteiger partial charge >= 0.3 is 5.51 Å². The van der Waals surface area contributed by atoms with Gasteiger partial charge in [-0.3, -0.25) is 0 Å². The van der Waals surface area contributed by atoms with E-state index in [1.807, 2.05) is 0 Å². The second kappa shape index (κ2) is 5.77. The second-order valence-electron chi connectivity index (χ2n) is 3.11. The molecule has 0 radical (unpaired) electrons. The fraction of sp³-hybridized carbons (Fsp3) is 0.400. The average Bonchev–Trinajstić information content (AvgIpc) is 2.17. The number of thioether (sulfide) groups is 1. The van der Waals surface area contributed by atoms with Crippen molar-refractivity contribution in [1.29, 1.82) is 0 Å². The zero-order valence-electron chi connectivity index (χ0n) is 8.15. The van der Waals surface area contributed by atoms with E-state index in [1.54, 1.807) is 0 Å². The molecule has 1 rings (SSSR count). The highest BCUT2D eigenvalue weighted by Gasteiger charge is 2.30. The van der Waals surface area contributed by atoms with Crippen LogP contribution in [0.15, 0.2) is 23.1 Å². The third-order valence-corrected chi connectivity index (χ3v) is 2.85. The standard InChI is InChI=1S/C10H9ClF4S/c11-5-1-2-7-3-4-8(12)9(6-7)16-10(13,14)15/h3-4,6H,1-2,5H2. The SMILES string of the molecule is Fc1ccc(CCCCl)cc1SC(F)(F)F. The molecule has 0 aromatic heterocycles. The summed E-state index contributed by atoms with van der Waals surface area (Å²) in [5.74, 6) is -0.420. The summed E-state index contributed by atoms with van der Waals surface area (Å²) >= 11 is 5.04. The molecule has 16 heavy (non-hydrogen) atoms. The number of benzene rings is 1. The maximum atomic E-state index is 13.1. The molecule has 0 aliphatic carbocycles. The Morgan fingerprint density at radius 2 is 1.94 bits per heavy atom. The highest BCUT2D eigenvalue weighted by molar-refractivity contribution is 8.00. The van der Waals surface area contributed by atoms with Crippen molar-refractivity contribution in [3.05, 3.63) is 29.6 Å². The molecule has 0 amide bonds. The van der Waals surface area contributed by atoms with Gasteiger partial charge in [0, 0.05) is 5.88 Å². The molecule has 0 N–H and O–H groups in total. The van der Waals surface area contributed by atoms with Crippen molar-refractivity contribution in [2.75, 3.05) is 5.88 Å². The highest BCUT2D eigenvalue weighted by Crippen LogP contribution is 2.38. The first kappa shape index (κ1) is 13.6. The summed E-state index contributed by atoms with van der Waals surface area (Å²) in [5, 5.41) is 0. The fourth-order valence-corrected chi connectivity index (χ4v) is 1.94. The number of hydrogen-bond donors (Lipinski definition) is 0. The molecule has 0 bridgehead atoms.